The first-order valence-corrected chi connectivity index (χ1v) is 25.7. The van der Waals surface area contributed by atoms with Crippen molar-refractivity contribution in [1.29, 1.82) is 0 Å². The Morgan fingerprint density at radius 2 is 1.54 bits per heavy atom. The first kappa shape index (κ1) is 55.5. The van der Waals surface area contributed by atoms with Crippen LogP contribution in [0.3, 0.4) is 0 Å². The third-order valence-electron chi connectivity index (χ3n) is 15.3. The van der Waals surface area contributed by atoms with E-state index in [0.717, 1.165) is 61.8 Å². The van der Waals surface area contributed by atoms with Crippen LogP contribution in [0.15, 0.2) is 54.6 Å². The van der Waals surface area contributed by atoms with E-state index >= 15 is 0 Å². The van der Waals surface area contributed by atoms with Crippen molar-refractivity contribution in [2.24, 2.45) is 29.4 Å². The maximum atomic E-state index is 14.6. The molecule has 4 N–H and O–H groups in total. The number of methoxy groups -OCH3 is 2. The lowest BCUT2D eigenvalue weighted by molar-refractivity contribution is -0.204. The summed E-state index contributed by atoms with van der Waals surface area (Å²) in [5, 5.41) is 7.73. The molecule has 15 nitrogen and oxygen atoms in total. The van der Waals surface area contributed by atoms with Crippen molar-refractivity contribution in [2.75, 3.05) is 47.9 Å². The van der Waals surface area contributed by atoms with Crippen molar-refractivity contribution in [2.45, 2.75) is 167 Å². The molecule has 2 aliphatic heterocycles. The molecule has 2 aromatic carbocycles. The number of nitrogens with one attached hydrogen (secondary N) is 2. The van der Waals surface area contributed by atoms with Crippen LogP contribution in [0.2, 0.25) is 0 Å². The molecule has 0 aromatic heterocycles. The van der Waals surface area contributed by atoms with Crippen LogP contribution < -0.4 is 16.4 Å². The van der Waals surface area contributed by atoms with Crippen LogP contribution in [0.25, 0.3) is 0 Å². The van der Waals surface area contributed by atoms with Gasteiger partial charge in [0.05, 0.1) is 49.2 Å². The van der Waals surface area contributed by atoms with Crippen molar-refractivity contribution in [3.63, 3.8) is 0 Å². The van der Waals surface area contributed by atoms with Gasteiger partial charge in [0, 0.05) is 33.7 Å². The summed E-state index contributed by atoms with van der Waals surface area (Å²) in [5.41, 5.74) is 7.45. The summed E-state index contributed by atoms with van der Waals surface area (Å²) < 4.78 is 12.3. The lowest BCUT2D eigenvalue weighted by Crippen LogP contribution is -2.60. The van der Waals surface area contributed by atoms with Gasteiger partial charge >= 0.3 is 0 Å². The number of benzene rings is 2. The second kappa shape index (κ2) is 25.6. The number of rotatable bonds is 26. The fourth-order valence-electron chi connectivity index (χ4n) is 11.0. The van der Waals surface area contributed by atoms with Gasteiger partial charge in [-0.15, -0.1) is 0 Å². The number of likely N-dealkylation sites (tertiary alicyclic amines) is 1. The summed E-state index contributed by atoms with van der Waals surface area (Å²) in [5.74, 6) is -2.43. The van der Waals surface area contributed by atoms with Gasteiger partial charge in [0.25, 0.3) is 5.91 Å². The van der Waals surface area contributed by atoms with Gasteiger partial charge in [-0.3, -0.25) is 33.7 Å². The van der Waals surface area contributed by atoms with Gasteiger partial charge in [-0.05, 0) is 86.7 Å². The fraction of sp³-hybridized carbons (Fsp3) is 0.685. The Bertz CT molecular complexity index is 2000. The highest BCUT2D eigenvalue weighted by molar-refractivity contribution is 5.96. The van der Waals surface area contributed by atoms with E-state index in [-0.39, 0.29) is 72.8 Å². The second-order valence-corrected chi connectivity index (χ2v) is 20.7. The molecule has 0 bridgehead atoms. The minimum Gasteiger partial charge on any atom is -0.379 e. The van der Waals surface area contributed by atoms with Gasteiger partial charge in [-0.2, -0.15) is 0 Å². The molecule has 2 heterocycles. The summed E-state index contributed by atoms with van der Waals surface area (Å²) in [4.78, 5) is 83.9. The quantitative estimate of drug-likeness (QED) is 0.0944. The van der Waals surface area contributed by atoms with E-state index in [2.05, 4.69) is 29.4 Å². The SMILES string of the molecule is CCC(C)C(C(CC(=O)N1CCC[C@H]1C(OC)C(C)C(=O)N[C@@]1(C(=O)N2Cc3ccccc3CO2)C[C@@H]1c1ccccc1)OC)N(C)C(=O)C(NC(=O)C(C(C)C)N(C)CCCCCCN)C(C)C. The molecule has 1 saturated carbocycles. The molecule has 0 radical (unpaired) electrons. The van der Waals surface area contributed by atoms with Crippen molar-refractivity contribution in [3.05, 3.63) is 71.3 Å². The van der Waals surface area contributed by atoms with Gasteiger partial charge in [0.15, 0.2) is 0 Å². The number of carbonyl (C=O) groups excluding carboxylic acids is 5. The van der Waals surface area contributed by atoms with Crippen molar-refractivity contribution < 1.29 is 38.3 Å². The fourth-order valence-corrected chi connectivity index (χ4v) is 11.0. The number of ether oxygens (including phenoxy) is 2. The Kier molecular flexibility index (Phi) is 20.6. The third-order valence-corrected chi connectivity index (χ3v) is 15.3. The number of hydroxylamine groups is 2. The first-order valence-electron chi connectivity index (χ1n) is 25.7. The summed E-state index contributed by atoms with van der Waals surface area (Å²) in [6, 6.07) is 15.5. The van der Waals surface area contributed by atoms with Crippen LogP contribution in [0, 0.1) is 23.7 Å². The highest BCUT2D eigenvalue weighted by atomic mass is 16.7. The number of fused-ring (bicyclic) bond motifs is 1. The second-order valence-electron chi connectivity index (χ2n) is 20.7. The number of carbonyl (C=O) groups is 5. The van der Waals surface area contributed by atoms with E-state index < -0.39 is 47.8 Å². The van der Waals surface area contributed by atoms with E-state index in [9.17, 15) is 24.0 Å². The number of hydrogen-bond acceptors (Lipinski definition) is 10. The molecule has 2 fully saturated rings. The molecule has 5 rings (SSSR count). The Morgan fingerprint density at radius 3 is 2.16 bits per heavy atom. The Balaban J connectivity index is 1.29. The monoisotopic (exact) mass is 960 g/mol. The molecule has 7 unspecified atom stereocenters. The summed E-state index contributed by atoms with van der Waals surface area (Å²) in [7, 11) is 6.86. The lowest BCUT2D eigenvalue weighted by atomic mass is 9.89. The molecule has 3 aliphatic rings. The van der Waals surface area contributed by atoms with Gasteiger partial charge in [0.1, 0.15) is 18.2 Å². The third kappa shape index (κ3) is 13.3. The zero-order valence-corrected chi connectivity index (χ0v) is 43.6. The van der Waals surface area contributed by atoms with Gasteiger partial charge < -0.3 is 35.6 Å². The van der Waals surface area contributed by atoms with E-state index in [1.807, 2.05) is 89.3 Å². The molecule has 0 spiro atoms. The molecule has 2 aromatic rings. The van der Waals surface area contributed by atoms with Crippen molar-refractivity contribution in [1.82, 2.24) is 30.4 Å². The van der Waals surface area contributed by atoms with Crippen molar-refractivity contribution >= 4 is 29.5 Å². The van der Waals surface area contributed by atoms with E-state index in [0.29, 0.717) is 25.9 Å². The van der Waals surface area contributed by atoms with Crippen LogP contribution in [0.1, 0.15) is 129 Å². The predicted octanol–water partition coefficient (Wildman–Crippen LogP) is 6.04. The first-order chi connectivity index (χ1) is 33.0. The molecule has 69 heavy (non-hydrogen) atoms. The van der Waals surface area contributed by atoms with Gasteiger partial charge in [-0.1, -0.05) is 122 Å². The average Bonchev–Trinajstić information content (AvgIpc) is 3.86. The molecule has 10 atom stereocenters. The number of unbranched alkanes of at least 4 members (excludes halogenated alkanes) is 3. The standard InChI is InChI=1S/C54H85N7O8/c1-12-37(6)48(59(9)52(65)46(35(2)3)56-51(64)47(36(4)5)58(8)29-21-14-13-20-28-55)44(67-10)31-45(62)60-30-22-27-43(60)49(68-11)38(7)50(63)57-54(32-42(54)39-23-16-15-17-24-39)53(66)61-33-40-25-18-19-26-41(40)34-69-61/h15-19,23-26,35-38,42-44,46-49H,12-14,20-22,27-34,55H2,1-11H3,(H,56,64)(H,57,63)/t37?,38?,42-,43+,44?,46?,47?,48?,49?,54+/m1/s1. The van der Waals surface area contributed by atoms with Crippen LogP contribution in [-0.2, 0) is 51.4 Å². The molecular formula is C54H85N7O8. The zero-order valence-electron chi connectivity index (χ0n) is 43.6. The van der Waals surface area contributed by atoms with Gasteiger partial charge in [-0.25, -0.2) is 5.06 Å². The van der Waals surface area contributed by atoms with Gasteiger partial charge in [0.2, 0.25) is 23.6 Å². The number of likely N-dealkylation sites (N-methyl/N-ethyl adjacent to an activating group) is 2. The van der Waals surface area contributed by atoms with E-state index in [1.165, 1.54) is 5.06 Å². The highest BCUT2D eigenvalue weighted by Crippen LogP contribution is 2.53. The average molecular weight is 960 g/mol. The topological polar surface area (TPSA) is 176 Å². The summed E-state index contributed by atoms with van der Waals surface area (Å²) in [6.07, 6.45) is 5.19. The van der Waals surface area contributed by atoms with Crippen LogP contribution in [0.4, 0.5) is 0 Å². The number of hydrogen-bond donors (Lipinski definition) is 3. The van der Waals surface area contributed by atoms with Crippen LogP contribution in [0.5, 0.6) is 0 Å². The lowest BCUT2D eigenvalue weighted by Gasteiger charge is -2.41. The minimum atomic E-state index is -1.21. The maximum absolute atomic E-state index is 14.6. The molecular weight excluding hydrogens is 875 g/mol. The van der Waals surface area contributed by atoms with Crippen LogP contribution in [-0.4, -0.2) is 139 Å². The molecule has 15 heteroatoms. The predicted molar refractivity (Wildman–Crippen MR) is 268 cm³/mol. The maximum Gasteiger partial charge on any atom is 0.272 e. The largest absolute Gasteiger partial charge is 0.379 e. The zero-order chi connectivity index (χ0) is 50.6. The summed E-state index contributed by atoms with van der Waals surface area (Å²) in [6.45, 7) is 16.3. The molecule has 5 amide bonds. The van der Waals surface area contributed by atoms with E-state index in [4.69, 9.17) is 20.0 Å². The molecule has 384 valence electrons. The Hall–Kier alpha value is -4.41. The normalized spacial score (nSPS) is 22.1. The van der Waals surface area contributed by atoms with Crippen molar-refractivity contribution in [3.8, 4) is 0 Å². The Labute approximate surface area is 412 Å². The number of nitrogens with two attached hydrogens (primary N) is 1. The summed E-state index contributed by atoms with van der Waals surface area (Å²) >= 11 is 0. The van der Waals surface area contributed by atoms with E-state index in [1.54, 1.807) is 38.0 Å². The number of amides is 5. The molecule has 1 saturated heterocycles. The molecule has 1 aliphatic carbocycles. The number of nitrogens with zero attached hydrogens (tertiary/aromatic N) is 4. The Morgan fingerprint density at radius 1 is 0.870 bits per heavy atom. The highest BCUT2D eigenvalue weighted by Gasteiger charge is 2.64. The minimum absolute atomic E-state index is 0.00380. The van der Waals surface area contributed by atoms with Crippen LogP contribution >= 0.6 is 0 Å². The smallest absolute Gasteiger partial charge is 0.272 e.